The first-order valence-corrected chi connectivity index (χ1v) is 5.22. The standard InChI is InChI=1S/C11H14O3/c1-6-2-3-7-8(4-6)9-5-13-11(14-9)10(7)12/h2,7-9,11H,3-5H2,1H3/t7-,8+,9-,11-/m1/s1. The van der Waals surface area contributed by atoms with E-state index in [1.54, 1.807) is 0 Å². The van der Waals surface area contributed by atoms with Crippen molar-refractivity contribution in [2.24, 2.45) is 11.8 Å². The molecule has 2 saturated heterocycles. The van der Waals surface area contributed by atoms with Crippen molar-refractivity contribution in [2.75, 3.05) is 6.61 Å². The molecule has 14 heavy (non-hydrogen) atoms. The van der Waals surface area contributed by atoms with Gasteiger partial charge in [0.15, 0.2) is 5.78 Å². The van der Waals surface area contributed by atoms with Gasteiger partial charge in [-0.05, 0) is 19.8 Å². The molecule has 3 aliphatic rings. The third kappa shape index (κ3) is 1.09. The number of hydrogen-bond acceptors (Lipinski definition) is 3. The number of Topliss-reactive ketones (excluding diaryl/α,β-unsaturated/α-hetero) is 1. The number of rotatable bonds is 0. The Morgan fingerprint density at radius 3 is 3.21 bits per heavy atom. The molecular weight excluding hydrogens is 180 g/mol. The Balaban J connectivity index is 1.93. The second-order valence-electron chi connectivity index (χ2n) is 4.50. The fourth-order valence-corrected chi connectivity index (χ4v) is 2.79. The lowest BCUT2D eigenvalue weighted by Gasteiger charge is -2.36. The van der Waals surface area contributed by atoms with Gasteiger partial charge in [0.25, 0.3) is 0 Å². The van der Waals surface area contributed by atoms with Crippen LogP contribution in [0.2, 0.25) is 0 Å². The number of fused-ring (bicyclic) bond motifs is 4. The molecule has 2 heterocycles. The first-order valence-electron chi connectivity index (χ1n) is 5.22. The van der Waals surface area contributed by atoms with Crippen LogP contribution in [0, 0.1) is 11.8 Å². The molecule has 2 bridgehead atoms. The Labute approximate surface area is 83.1 Å². The Morgan fingerprint density at radius 1 is 1.50 bits per heavy atom. The van der Waals surface area contributed by atoms with E-state index < -0.39 is 6.29 Å². The predicted octanol–water partition coefficient (Wildman–Crippen LogP) is 1.28. The Hall–Kier alpha value is -0.670. The lowest BCUT2D eigenvalue weighted by atomic mass is 9.74. The average molecular weight is 194 g/mol. The number of carbonyl (C=O) groups is 1. The topological polar surface area (TPSA) is 35.5 Å². The minimum absolute atomic E-state index is 0.157. The summed E-state index contributed by atoms with van der Waals surface area (Å²) in [5, 5.41) is 0. The van der Waals surface area contributed by atoms with Crippen LogP contribution in [0.4, 0.5) is 0 Å². The third-order valence-corrected chi connectivity index (χ3v) is 3.58. The zero-order chi connectivity index (χ0) is 9.71. The smallest absolute Gasteiger partial charge is 0.218 e. The highest BCUT2D eigenvalue weighted by atomic mass is 16.7. The summed E-state index contributed by atoms with van der Waals surface area (Å²) in [5.74, 6) is 0.684. The van der Waals surface area contributed by atoms with Crippen LogP contribution in [0.3, 0.4) is 0 Å². The highest BCUT2D eigenvalue weighted by molar-refractivity contribution is 5.86. The van der Waals surface area contributed by atoms with E-state index in [1.165, 1.54) is 5.57 Å². The molecule has 3 nitrogen and oxygen atoms in total. The van der Waals surface area contributed by atoms with Crippen molar-refractivity contribution in [3.05, 3.63) is 11.6 Å². The first kappa shape index (κ1) is 8.62. The fraction of sp³-hybridized carbons (Fsp3) is 0.727. The SMILES string of the molecule is CC1=CC[C@H]2C(=O)[C@@H]3OC[C@@H](O3)[C@H]2C1. The molecule has 0 aromatic heterocycles. The van der Waals surface area contributed by atoms with Gasteiger partial charge in [0.1, 0.15) is 0 Å². The molecule has 1 aliphatic carbocycles. The van der Waals surface area contributed by atoms with Crippen LogP contribution in [-0.4, -0.2) is 24.8 Å². The molecule has 3 rings (SSSR count). The van der Waals surface area contributed by atoms with Gasteiger partial charge < -0.3 is 9.47 Å². The molecule has 0 aromatic carbocycles. The van der Waals surface area contributed by atoms with E-state index in [-0.39, 0.29) is 17.8 Å². The van der Waals surface area contributed by atoms with E-state index in [9.17, 15) is 4.79 Å². The molecule has 3 heteroatoms. The molecule has 0 spiro atoms. The molecule has 76 valence electrons. The van der Waals surface area contributed by atoms with Crippen LogP contribution in [0.15, 0.2) is 11.6 Å². The maximum absolute atomic E-state index is 11.8. The van der Waals surface area contributed by atoms with E-state index in [2.05, 4.69) is 13.0 Å². The number of hydrogen-bond donors (Lipinski definition) is 0. The van der Waals surface area contributed by atoms with Crippen LogP contribution in [0.25, 0.3) is 0 Å². The van der Waals surface area contributed by atoms with Gasteiger partial charge in [0.2, 0.25) is 6.29 Å². The molecule has 2 fully saturated rings. The minimum Gasteiger partial charge on any atom is -0.343 e. The molecule has 4 atom stereocenters. The minimum atomic E-state index is -0.548. The van der Waals surface area contributed by atoms with Gasteiger partial charge in [-0.15, -0.1) is 0 Å². The largest absolute Gasteiger partial charge is 0.343 e. The fourth-order valence-electron chi connectivity index (χ4n) is 2.79. The lowest BCUT2D eigenvalue weighted by Crippen LogP contribution is -2.44. The van der Waals surface area contributed by atoms with Crippen LogP contribution in [0.1, 0.15) is 19.8 Å². The summed E-state index contributed by atoms with van der Waals surface area (Å²) < 4.78 is 10.8. The van der Waals surface area contributed by atoms with Crippen LogP contribution >= 0.6 is 0 Å². The molecule has 0 N–H and O–H groups in total. The maximum Gasteiger partial charge on any atom is 0.218 e. The van der Waals surface area contributed by atoms with E-state index in [0.29, 0.717) is 12.5 Å². The summed E-state index contributed by atoms with van der Waals surface area (Å²) in [6.07, 6.45) is 3.68. The Kier molecular flexibility index (Phi) is 1.79. The van der Waals surface area contributed by atoms with Crippen molar-refractivity contribution >= 4 is 5.78 Å². The third-order valence-electron chi connectivity index (χ3n) is 3.58. The second-order valence-corrected chi connectivity index (χ2v) is 4.50. The van der Waals surface area contributed by atoms with Crippen molar-refractivity contribution in [3.8, 4) is 0 Å². The van der Waals surface area contributed by atoms with Crippen LogP contribution < -0.4 is 0 Å². The summed E-state index contributed by atoms with van der Waals surface area (Å²) >= 11 is 0. The molecular formula is C11H14O3. The number of ether oxygens (including phenoxy) is 2. The van der Waals surface area contributed by atoms with Crippen molar-refractivity contribution in [2.45, 2.75) is 32.2 Å². The van der Waals surface area contributed by atoms with Gasteiger partial charge in [-0.3, -0.25) is 4.79 Å². The zero-order valence-corrected chi connectivity index (χ0v) is 8.23. The number of allylic oxidation sites excluding steroid dienone is 2. The van der Waals surface area contributed by atoms with Crippen LogP contribution in [0.5, 0.6) is 0 Å². The summed E-state index contributed by atoms with van der Waals surface area (Å²) in [6.45, 7) is 2.73. The van der Waals surface area contributed by atoms with Crippen LogP contribution in [-0.2, 0) is 14.3 Å². The summed E-state index contributed by atoms with van der Waals surface area (Å²) in [6, 6.07) is 0. The zero-order valence-electron chi connectivity index (χ0n) is 8.23. The first-order chi connectivity index (χ1) is 6.75. The van der Waals surface area contributed by atoms with E-state index in [1.807, 2.05) is 0 Å². The number of carbonyl (C=O) groups excluding carboxylic acids is 1. The second kappa shape index (κ2) is 2.91. The highest BCUT2D eigenvalue weighted by Crippen LogP contribution is 2.41. The summed E-state index contributed by atoms with van der Waals surface area (Å²) in [5.41, 5.74) is 1.38. The number of ketones is 1. The monoisotopic (exact) mass is 194 g/mol. The molecule has 0 amide bonds. The average Bonchev–Trinajstić information content (AvgIpc) is 2.60. The molecule has 0 radical (unpaired) electrons. The van der Waals surface area contributed by atoms with Crippen molar-refractivity contribution in [3.63, 3.8) is 0 Å². The quantitative estimate of drug-likeness (QED) is 0.545. The maximum atomic E-state index is 11.8. The van der Waals surface area contributed by atoms with Crippen molar-refractivity contribution in [1.29, 1.82) is 0 Å². The van der Waals surface area contributed by atoms with Gasteiger partial charge in [-0.1, -0.05) is 11.6 Å². The summed E-state index contributed by atoms with van der Waals surface area (Å²) in [7, 11) is 0. The van der Waals surface area contributed by atoms with Crippen molar-refractivity contribution < 1.29 is 14.3 Å². The Morgan fingerprint density at radius 2 is 2.36 bits per heavy atom. The van der Waals surface area contributed by atoms with Crippen molar-refractivity contribution in [1.82, 2.24) is 0 Å². The van der Waals surface area contributed by atoms with Gasteiger partial charge >= 0.3 is 0 Å². The van der Waals surface area contributed by atoms with E-state index in [0.717, 1.165) is 12.8 Å². The molecule has 2 aliphatic heterocycles. The van der Waals surface area contributed by atoms with E-state index in [4.69, 9.17) is 9.47 Å². The normalized spacial score (nSPS) is 46.1. The van der Waals surface area contributed by atoms with E-state index >= 15 is 0 Å². The molecule has 0 unspecified atom stereocenters. The predicted molar refractivity (Wildman–Crippen MR) is 49.6 cm³/mol. The van der Waals surface area contributed by atoms with Gasteiger partial charge in [-0.2, -0.15) is 0 Å². The summed E-state index contributed by atoms with van der Waals surface area (Å²) in [4.78, 5) is 11.8. The molecule has 0 saturated carbocycles. The lowest BCUT2D eigenvalue weighted by molar-refractivity contribution is -0.165. The Bertz CT molecular complexity index is 308. The van der Waals surface area contributed by atoms with Gasteiger partial charge in [0.05, 0.1) is 12.7 Å². The molecule has 0 aromatic rings. The van der Waals surface area contributed by atoms with Gasteiger partial charge in [-0.25, -0.2) is 0 Å². The van der Waals surface area contributed by atoms with Gasteiger partial charge in [0, 0.05) is 11.8 Å². The highest BCUT2D eigenvalue weighted by Gasteiger charge is 2.49.